The highest BCUT2D eigenvalue weighted by molar-refractivity contribution is 7.93. The summed E-state index contributed by atoms with van der Waals surface area (Å²) in [5, 5.41) is 0.686. The molecule has 0 atom stereocenters. The molecule has 0 spiro atoms. The average Bonchev–Trinajstić information content (AvgIpc) is 2.99. The van der Waals surface area contributed by atoms with Crippen LogP contribution < -0.4 is 9.46 Å². The predicted octanol–water partition coefficient (Wildman–Crippen LogP) is 4.42. The molecule has 1 fully saturated rings. The van der Waals surface area contributed by atoms with Crippen LogP contribution in [0, 0.1) is 5.82 Å². The van der Waals surface area contributed by atoms with Crippen LogP contribution in [0.3, 0.4) is 0 Å². The van der Waals surface area contributed by atoms with Crippen molar-refractivity contribution in [2.75, 3.05) is 38.0 Å². The second-order valence-corrected chi connectivity index (χ2v) is 11.0. The minimum absolute atomic E-state index is 0.0257. The van der Waals surface area contributed by atoms with Crippen molar-refractivity contribution in [1.82, 2.24) is 14.8 Å². The van der Waals surface area contributed by atoms with Crippen LogP contribution in [0.5, 0.6) is 5.75 Å². The van der Waals surface area contributed by atoms with Crippen LogP contribution in [-0.2, 0) is 10.0 Å². The number of carbonyl (C=O) groups is 2. The molecule has 3 aromatic carbocycles. The molecule has 1 N–H and O–H groups in total. The van der Waals surface area contributed by atoms with Crippen LogP contribution in [-0.4, -0.2) is 68.3 Å². The number of anilines is 1. The number of halogens is 1. The average molecular weight is 575 g/mol. The number of methoxy groups -OCH3 is 1. The lowest BCUT2D eigenvalue weighted by molar-refractivity contribution is 0.0531. The summed E-state index contributed by atoms with van der Waals surface area (Å²) < 4.78 is 48.8. The molecule has 41 heavy (non-hydrogen) atoms. The number of carbonyl (C=O) groups excluding carboxylic acids is 2. The Bertz CT molecular complexity index is 1760. The number of sulfonamides is 1. The predicted molar refractivity (Wildman–Crippen MR) is 154 cm³/mol. The number of nitrogens with zero attached hydrogens (tertiary/aromatic N) is 3. The lowest BCUT2D eigenvalue weighted by Crippen LogP contribution is -2.50. The van der Waals surface area contributed by atoms with Crippen molar-refractivity contribution in [2.24, 2.45) is 0 Å². The fourth-order valence-electron chi connectivity index (χ4n) is 4.81. The molecule has 0 aliphatic carbocycles. The molecule has 1 saturated heterocycles. The molecular weight excluding hydrogens is 547 g/mol. The van der Waals surface area contributed by atoms with Crippen molar-refractivity contribution < 1.29 is 27.1 Å². The maximum absolute atomic E-state index is 14.4. The molecule has 2 amide bonds. The maximum Gasteiger partial charge on any atom is 0.264 e. The molecule has 1 aromatic heterocycles. The van der Waals surface area contributed by atoms with Crippen molar-refractivity contribution in [3.63, 3.8) is 0 Å². The SMILES string of the molecule is C=Cc1cccc(F)c1C(=O)N1CCN(C(=O)c2ccc(NS(=O)(=O)c3cccc4cccnc34)cc2OC)CC1. The zero-order valence-corrected chi connectivity index (χ0v) is 23.0. The molecule has 11 heteroatoms. The van der Waals surface area contributed by atoms with Crippen molar-refractivity contribution in [1.29, 1.82) is 0 Å². The maximum atomic E-state index is 14.4. The number of rotatable bonds is 7. The molecule has 1 aliphatic rings. The highest BCUT2D eigenvalue weighted by Crippen LogP contribution is 2.28. The first-order valence-corrected chi connectivity index (χ1v) is 14.3. The normalized spacial score (nSPS) is 13.6. The van der Waals surface area contributed by atoms with E-state index in [2.05, 4.69) is 16.3 Å². The van der Waals surface area contributed by atoms with Crippen LogP contribution in [0.1, 0.15) is 26.3 Å². The second-order valence-electron chi connectivity index (χ2n) is 9.34. The number of hydrogen-bond acceptors (Lipinski definition) is 6. The Labute approximate surface area is 236 Å². The van der Waals surface area contributed by atoms with Gasteiger partial charge in [-0.1, -0.05) is 43.0 Å². The molecule has 2 heterocycles. The van der Waals surface area contributed by atoms with E-state index in [1.807, 2.05) is 0 Å². The first-order valence-electron chi connectivity index (χ1n) is 12.8. The van der Waals surface area contributed by atoms with E-state index in [9.17, 15) is 22.4 Å². The largest absolute Gasteiger partial charge is 0.496 e. The van der Waals surface area contributed by atoms with E-state index in [-0.39, 0.29) is 59.5 Å². The molecular formula is C30H27FN4O5S. The summed E-state index contributed by atoms with van der Waals surface area (Å²) in [6.07, 6.45) is 2.96. The second kappa shape index (κ2) is 11.4. The Morgan fingerprint density at radius 3 is 2.37 bits per heavy atom. The van der Waals surface area contributed by atoms with Crippen LogP contribution in [0.2, 0.25) is 0 Å². The van der Waals surface area contributed by atoms with E-state index in [4.69, 9.17) is 4.74 Å². The number of piperazine rings is 1. The number of ether oxygens (including phenoxy) is 1. The van der Waals surface area contributed by atoms with Crippen molar-refractivity contribution >= 4 is 44.5 Å². The molecule has 210 valence electrons. The van der Waals surface area contributed by atoms with Gasteiger partial charge in [-0.3, -0.25) is 19.3 Å². The zero-order chi connectivity index (χ0) is 29.1. The lowest BCUT2D eigenvalue weighted by atomic mass is 10.0. The Balaban J connectivity index is 1.30. The Hall–Kier alpha value is -4.77. The van der Waals surface area contributed by atoms with Gasteiger partial charge < -0.3 is 14.5 Å². The third-order valence-corrected chi connectivity index (χ3v) is 8.32. The Morgan fingerprint density at radius 2 is 1.66 bits per heavy atom. The van der Waals surface area contributed by atoms with Gasteiger partial charge in [-0.25, -0.2) is 12.8 Å². The number of aromatic nitrogens is 1. The highest BCUT2D eigenvalue weighted by atomic mass is 32.2. The summed E-state index contributed by atoms with van der Waals surface area (Å²) in [5.41, 5.74) is 1.16. The number of hydrogen-bond donors (Lipinski definition) is 1. The number of benzene rings is 3. The Morgan fingerprint density at radius 1 is 0.976 bits per heavy atom. The van der Waals surface area contributed by atoms with Gasteiger partial charge in [0, 0.05) is 43.8 Å². The smallest absolute Gasteiger partial charge is 0.264 e. The molecule has 4 aromatic rings. The number of amides is 2. The van der Waals surface area contributed by atoms with Crippen LogP contribution in [0.15, 0.2) is 84.4 Å². The standard InChI is InChI=1S/C30H27FN4O5S/c1-3-20-7-4-10-24(31)27(20)30(37)35-17-15-34(16-18-35)29(36)23-13-12-22(19-25(23)40-2)33-41(38,39)26-11-5-8-21-9-6-14-32-28(21)26/h3-14,19,33H,1,15-18H2,2H3. The number of para-hydroxylation sites is 1. The third-order valence-electron chi connectivity index (χ3n) is 6.90. The number of fused-ring (bicyclic) bond motifs is 1. The fourth-order valence-corrected chi connectivity index (χ4v) is 6.04. The van der Waals surface area contributed by atoms with E-state index >= 15 is 0 Å². The molecule has 0 saturated carbocycles. The minimum atomic E-state index is -4.00. The quantitative estimate of drug-likeness (QED) is 0.350. The number of pyridine rings is 1. The first kappa shape index (κ1) is 27.8. The van der Waals surface area contributed by atoms with Crippen molar-refractivity contribution in [3.05, 3.63) is 102 Å². The zero-order valence-electron chi connectivity index (χ0n) is 22.2. The minimum Gasteiger partial charge on any atom is -0.496 e. The van der Waals surface area contributed by atoms with E-state index in [1.165, 1.54) is 60.7 Å². The van der Waals surface area contributed by atoms with Gasteiger partial charge in [0.2, 0.25) is 0 Å². The fraction of sp³-hybridized carbons (Fsp3) is 0.167. The summed E-state index contributed by atoms with van der Waals surface area (Å²) in [6.45, 7) is 4.55. The molecule has 9 nitrogen and oxygen atoms in total. The monoisotopic (exact) mass is 574 g/mol. The molecule has 0 radical (unpaired) electrons. The summed E-state index contributed by atoms with van der Waals surface area (Å²) in [5.74, 6) is -1.23. The topological polar surface area (TPSA) is 109 Å². The van der Waals surface area contributed by atoms with Gasteiger partial charge in [0.25, 0.3) is 21.8 Å². The van der Waals surface area contributed by atoms with E-state index in [1.54, 1.807) is 35.2 Å². The first-order chi connectivity index (χ1) is 19.7. The Kier molecular flexibility index (Phi) is 7.71. The van der Waals surface area contributed by atoms with Gasteiger partial charge >= 0.3 is 0 Å². The van der Waals surface area contributed by atoms with Crippen LogP contribution >= 0.6 is 0 Å². The third kappa shape index (κ3) is 5.48. The van der Waals surface area contributed by atoms with Gasteiger partial charge in [0.1, 0.15) is 16.5 Å². The molecule has 1 aliphatic heterocycles. The highest BCUT2D eigenvalue weighted by Gasteiger charge is 2.29. The van der Waals surface area contributed by atoms with E-state index in [0.29, 0.717) is 16.5 Å². The van der Waals surface area contributed by atoms with Gasteiger partial charge in [-0.2, -0.15) is 0 Å². The van der Waals surface area contributed by atoms with E-state index < -0.39 is 21.7 Å². The summed E-state index contributed by atoms with van der Waals surface area (Å²) >= 11 is 0. The summed E-state index contributed by atoms with van der Waals surface area (Å²) in [7, 11) is -2.61. The molecule has 0 bridgehead atoms. The molecule has 5 rings (SSSR count). The van der Waals surface area contributed by atoms with E-state index in [0.717, 1.165) is 0 Å². The van der Waals surface area contributed by atoms with Crippen molar-refractivity contribution in [2.45, 2.75) is 4.90 Å². The summed E-state index contributed by atoms with van der Waals surface area (Å²) in [4.78, 5) is 33.7. The van der Waals surface area contributed by atoms with Crippen LogP contribution in [0.4, 0.5) is 10.1 Å². The van der Waals surface area contributed by atoms with Crippen LogP contribution in [0.25, 0.3) is 17.0 Å². The number of nitrogens with one attached hydrogen (secondary N) is 1. The van der Waals surface area contributed by atoms with Gasteiger partial charge in [0.15, 0.2) is 0 Å². The van der Waals surface area contributed by atoms with Gasteiger partial charge in [0.05, 0.1) is 29.4 Å². The van der Waals surface area contributed by atoms with Crippen molar-refractivity contribution in [3.8, 4) is 5.75 Å². The lowest BCUT2D eigenvalue weighted by Gasteiger charge is -2.35. The summed E-state index contributed by atoms with van der Waals surface area (Å²) in [6, 6.07) is 17.2. The molecule has 0 unspecified atom stereocenters. The van der Waals surface area contributed by atoms with Gasteiger partial charge in [-0.15, -0.1) is 0 Å². The van der Waals surface area contributed by atoms with Gasteiger partial charge in [-0.05, 0) is 35.9 Å².